The van der Waals surface area contributed by atoms with E-state index in [-0.39, 0.29) is 6.61 Å². The highest BCUT2D eigenvalue weighted by Crippen LogP contribution is 2.31. The van der Waals surface area contributed by atoms with Crippen molar-refractivity contribution >= 4 is 0 Å². The summed E-state index contributed by atoms with van der Waals surface area (Å²) in [5, 5.41) is 8.74. The van der Waals surface area contributed by atoms with Gasteiger partial charge in [0.15, 0.2) is 0 Å². The molecule has 2 heteroatoms. The van der Waals surface area contributed by atoms with Crippen LogP contribution in [-0.2, 0) is 11.3 Å². The molecule has 1 aliphatic carbocycles. The molecule has 21 heavy (non-hydrogen) atoms. The summed E-state index contributed by atoms with van der Waals surface area (Å²) < 4.78 is 6.08. The van der Waals surface area contributed by atoms with Gasteiger partial charge in [-0.3, -0.25) is 0 Å². The fraction of sp³-hybridized carbons (Fsp3) is 0.579. The van der Waals surface area contributed by atoms with Crippen LogP contribution in [-0.4, -0.2) is 17.8 Å². The number of hydrogen-bond acceptors (Lipinski definition) is 2. The van der Waals surface area contributed by atoms with Crippen LogP contribution in [0.25, 0.3) is 0 Å². The van der Waals surface area contributed by atoms with E-state index in [4.69, 9.17) is 9.84 Å². The van der Waals surface area contributed by atoms with E-state index in [0.717, 1.165) is 17.4 Å². The van der Waals surface area contributed by atoms with Crippen LogP contribution in [0, 0.1) is 23.7 Å². The standard InChI is InChI=1S/C19H26O2/c1-15-9-10-19(12-16(15)2)21-14-18-8-5-7-17(13-18)6-3-4-11-20/h5,7-8,13,15-16,19-20H,4,9-12,14H2,1-2H3. The van der Waals surface area contributed by atoms with Gasteiger partial charge in [-0.15, -0.1) is 0 Å². The Morgan fingerprint density at radius 2 is 2.10 bits per heavy atom. The maximum absolute atomic E-state index is 8.74. The van der Waals surface area contributed by atoms with Crippen LogP contribution in [0.15, 0.2) is 24.3 Å². The summed E-state index contributed by atoms with van der Waals surface area (Å²) in [6.07, 6.45) is 4.57. The Labute approximate surface area is 128 Å². The maximum atomic E-state index is 8.74. The van der Waals surface area contributed by atoms with Crippen molar-refractivity contribution in [2.45, 2.75) is 52.2 Å². The van der Waals surface area contributed by atoms with E-state index < -0.39 is 0 Å². The van der Waals surface area contributed by atoms with E-state index in [2.05, 4.69) is 37.8 Å². The number of aliphatic hydroxyl groups is 1. The molecule has 2 nitrogen and oxygen atoms in total. The normalized spacial score (nSPS) is 25.2. The second-order valence-corrected chi connectivity index (χ2v) is 6.18. The lowest BCUT2D eigenvalue weighted by atomic mass is 9.80. The van der Waals surface area contributed by atoms with Crippen molar-refractivity contribution in [3.05, 3.63) is 35.4 Å². The summed E-state index contributed by atoms with van der Waals surface area (Å²) in [5.74, 6) is 7.62. The molecule has 0 saturated heterocycles. The molecule has 0 heterocycles. The third-order valence-electron chi connectivity index (χ3n) is 4.43. The third-order valence-corrected chi connectivity index (χ3v) is 4.43. The lowest BCUT2D eigenvalue weighted by Crippen LogP contribution is -2.26. The molecule has 1 aromatic carbocycles. The zero-order valence-electron chi connectivity index (χ0n) is 13.1. The SMILES string of the molecule is CC1CCC(OCc2cccc(C#CCCO)c2)CC1C. The van der Waals surface area contributed by atoms with Gasteiger partial charge in [-0.1, -0.05) is 37.8 Å². The van der Waals surface area contributed by atoms with Crippen LogP contribution in [0.4, 0.5) is 0 Å². The van der Waals surface area contributed by atoms with Crippen molar-refractivity contribution in [2.24, 2.45) is 11.8 Å². The monoisotopic (exact) mass is 286 g/mol. The van der Waals surface area contributed by atoms with Crippen molar-refractivity contribution in [1.29, 1.82) is 0 Å². The molecule has 1 N–H and O–H groups in total. The zero-order chi connectivity index (χ0) is 15.1. The number of aliphatic hydroxyl groups excluding tert-OH is 1. The molecule has 3 unspecified atom stereocenters. The van der Waals surface area contributed by atoms with Crippen LogP contribution in [0.1, 0.15) is 50.7 Å². The van der Waals surface area contributed by atoms with Gasteiger partial charge < -0.3 is 9.84 Å². The van der Waals surface area contributed by atoms with Gasteiger partial charge in [-0.25, -0.2) is 0 Å². The van der Waals surface area contributed by atoms with Crippen LogP contribution < -0.4 is 0 Å². The minimum atomic E-state index is 0.119. The first-order chi connectivity index (χ1) is 10.2. The Balaban J connectivity index is 1.86. The lowest BCUT2D eigenvalue weighted by molar-refractivity contribution is -0.00745. The average molecular weight is 286 g/mol. The van der Waals surface area contributed by atoms with E-state index in [0.29, 0.717) is 19.1 Å². The lowest BCUT2D eigenvalue weighted by Gasteiger charge is -2.32. The van der Waals surface area contributed by atoms with Crippen molar-refractivity contribution in [1.82, 2.24) is 0 Å². The van der Waals surface area contributed by atoms with Gasteiger partial charge in [-0.05, 0) is 48.8 Å². The number of ether oxygens (including phenoxy) is 1. The Morgan fingerprint density at radius 1 is 1.24 bits per heavy atom. The molecule has 2 rings (SSSR count). The maximum Gasteiger partial charge on any atom is 0.0721 e. The molecule has 1 saturated carbocycles. The first-order valence-corrected chi connectivity index (χ1v) is 7.99. The Kier molecular flexibility index (Phi) is 6.29. The molecule has 1 aliphatic rings. The first-order valence-electron chi connectivity index (χ1n) is 7.99. The van der Waals surface area contributed by atoms with Gasteiger partial charge in [0.05, 0.1) is 19.3 Å². The first kappa shape index (κ1) is 16.1. The minimum absolute atomic E-state index is 0.119. The van der Waals surface area contributed by atoms with Crippen molar-refractivity contribution in [3.63, 3.8) is 0 Å². The number of hydrogen-bond donors (Lipinski definition) is 1. The smallest absolute Gasteiger partial charge is 0.0721 e. The fourth-order valence-electron chi connectivity index (χ4n) is 2.82. The molecular formula is C19H26O2. The Morgan fingerprint density at radius 3 is 2.86 bits per heavy atom. The van der Waals surface area contributed by atoms with Gasteiger partial charge in [0.25, 0.3) is 0 Å². The molecule has 0 amide bonds. The summed E-state index contributed by atoms with van der Waals surface area (Å²) in [5.41, 5.74) is 2.17. The molecule has 1 fully saturated rings. The molecule has 0 radical (unpaired) electrons. The Hall–Kier alpha value is -1.30. The van der Waals surface area contributed by atoms with E-state index in [1.807, 2.05) is 12.1 Å². The molecule has 0 spiro atoms. The summed E-state index contributed by atoms with van der Waals surface area (Å²) >= 11 is 0. The zero-order valence-corrected chi connectivity index (χ0v) is 13.1. The van der Waals surface area contributed by atoms with Gasteiger partial charge in [0.2, 0.25) is 0 Å². The Bertz CT molecular complexity index is 498. The second-order valence-electron chi connectivity index (χ2n) is 6.18. The summed E-state index contributed by atoms with van der Waals surface area (Å²) in [6.45, 7) is 5.46. The number of rotatable bonds is 4. The van der Waals surface area contributed by atoms with Crippen LogP contribution in [0.5, 0.6) is 0 Å². The molecular weight excluding hydrogens is 260 g/mol. The van der Waals surface area contributed by atoms with Crippen LogP contribution >= 0.6 is 0 Å². The van der Waals surface area contributed by atoms with Gasteiger partial charge in [0, 0.05) is 12.0 Å². The molecule has 1 aromatic rings. The number of benzene rings is 1. The van der Waals surface area contributed by atoms with E-state index in [1.54, 1.807) is 0 Å². The summed E-state index contributed by atoms with van der Waals surface area (Å²) in [6, 6.07) is 8.19. The minimum Gasteiger partial charge on any atom is -0.395 e. The highest BCUT2D eigenvalue weighted by atomic mass is 16.5. The second kappa shape index (κ2) is 8.22. The van der Waals surface area contributed by atoms with Gasteiger partial charge in [0.1, 0.15) is 0 Å². The van der Waals surface area contributed by atoms with Gasteiger partial charge >= 0.3 is 0 Å². The fourth-order valence-corrected chi connectivity index (χ4v) is 2.82. The van der Waals surface area contributed by atoms with E-state index >= 15 is 0 Å². The largest absolute Gasteiger partial charge is 0.395 e. The quantitative estimate of drug-likeness (QED) is 0.854. The van der Waals surface area contributed by atoms with E-state index in [1.165, 1.54) is 24.8 Å². The van der Waals surface area contributed by atoms with E-state index in [9.17, 15) is 0 Å². The van der Waals surface area contributed by atoms with Gasteiger partial charge in [-0.2, -0.15) is 0 Å². The molecule has 3 atom stereocenters. The summed E-state index contributed by atoms with van der Waals surface area (Å²) in [7, 11) is 0. The molecule has 114 valence electrons. The molecule has 0 aromatic heterocycles. The van der Waals surface area contributed by atoms with Crippen LogP contribution in [0.2, 0.25) is 0 Å². The topological polar surface area (TPSA) is 29.5 Å². The third kappa shape index (κ3) is 5.19. The highest BCUT2D eigenvalue weighted by molar-refractivity contribution is 5.36. The molecule has 0 bridgehead atoms. The predicted octanol–water partition coefficient (Wildman–Crippen LogP) is 3.76. The average Bonchev–Trinajstić information content (AvgIpc) is 2.49. The van der Waals surface area contributed by atoms with Crippen LogP contribution in [0.3, 0.4) is 0 Å². The van der Waals surface area contributed by atoms with Crippen molar-refractivity contribution in [3.8, 4) is 11.8 Å². The summed E-state index contributed by atoms with van der Waals surface area (Å²) in [4.78, 5) is 0. The van der Waals surface area contributed by atoms with Crippen molar-refractivity contribution in [2.75, 3.05) is 6.61 Å². The highest BCUT2D eigenvalue weighted by Gasteiger charge is 2.24. The molecule has 0 aliphatic heterocycles. The predicted molar refractivity (Wildman–Crippen MR) is 85.8 cm³/mol. The van der Waals surface area contributed by atoms with Crippen molar-refractivity contribution < 1.29 is 9.84 Å².